The highest BCUT2D eigenvalue weighted by Gasteiger charge is 2.58. The molecule has 446 valence electrons. The largest absolute Gasteiger partial charge is 0.397 e. The Kier molecular flexibility index (Phi) is 35.2. The zero-order valence-electron chi connectivity index (χ0n) is 35.0. The summed E-state index contributed by atoms with van der Waals surface area (Å²) in [6, 6.07) is 0. The van der Waals surface area contributed by atoms with E-state index in [1.807, 2.05) is 0 Å². The average molecular weight is 1320 g/mol. The Labute approximate surface area is 446 Å². The van der Waals surface area contributed by atoms with Gasteiger partial charge in [0, 0.05) is 7.11 Å². The molecule has 0 aliphatic carbocycles. The molecule has 0 spiro atoms. The molecule has 3 saturated heterocycles. The molecule has 3 rings (SSSR count). The van der Waals surface area contributed by atoms with Gasteiger partial charge in [-0.15, -0.1) is 30.3 Å². The summed E-state index contributed by atoms with van der Waals surface area (Å²) in [5.41, 5.74) is 0. The third kappa shape index (κ3) is 25.8. The Hall–Kier alpha value is 0.700. The minimum absolute atomic E-state index is 0.0770. The number of methoxy groups -OCH3 is 1. The Morgan fingerprint density at radius 3 is 1.03 bits per heavy atom. The van der Waals surface area contributed by atoms with Crippen LogP contribution >= 0.6 is 86.3 Å². The van der Waals surface area contributed by atoms with Crippen LogP contribution in [0.2, 0.25) is 0 Å². The summed E-state index contributed by atoms with van der Waals surface area (Å²) in [6.45, 7) is -2.98. The number of ether oxygens (including phenoxy) is 6. The Balaban J connectivity index is 2.25. The Morgan fingerprint density at radius 2 is 0.667 bits per heavy atom. The minimum Gasteiger partial charge on any atom is -0.353 e. The van der Waals surface area contributed by atoms with E-state index >= 15 is 0 Å². The van der Waals surface area contributed by atoms with Gasteiger partial charge >= 0.3 is 31.2 Å². The molecular formula is C19H34O46S10. The smallest absolute Gasteiger partial charge is 0.353 e. The lowest BCUT2D eigenvalue weighted by Crippen LogP contribution is -2.66. The molecule has 3 heterocycles. The summed E-state index contributed by atoms with van der Waals surface area (Å²) in [6.07, 6.45) is -33.2. The van der Waals surface area contributed by atoms with Gasteiger partial charge in [0.05, 0.1) is 19.8 Å². The minimum atomic E-state index is -5.79. The van der Waals surface area contributed by atoms with Crippen LogP contribution in [0.5, 0.6) is 0 Å². The Morgan fingerprint density at radius 1 is 0.373 bits per heavy atom. The fourth-order valence-electron chi connectivity index (χ4n) is 5.89. The van der Waals surface area contributed by atoms with Crippen LogP contribution in [-0.4, -0.2) is 195 Å². The molecular weight excluding hydrogens is 1280 g/mol. The van der Waals surface area contributed by atoms with Gasteiger partial charge in [-0.3, -0.25) is 42.9 Å². The van der Waals surface area contributed by atoms with E-state index in [0.717, 1.165) is 7.11 Å². The number of hydrogen-bond donors (Lipinski definition) is 10. The maximum absolute atomic E-state index is 12.4. The topological polar surface area (TPSA) is 582 Å². The SMILES string of the molecule is CO[C@@H]1OC(CO[C@@H]2OC(COSOOO)[C@H](OSOOO)[C@H](OSOOO)C2OS(=O)(=O)O)[C@H](OSOOO)[C@H](O[C@@H]2OC(COSOOO)[C@H](OSOOO)[C@H](OSOOO)C2OS(=O)(=O)O)C1OS(=O)(=O)O. The van der Waals surface area contributed by atoms with Crippen molar-refractivity contribution in [3.8, 4) is 0 Å². The van der Waals surface area contributed by atoms with E-state index in [9.17, 15) is 38.9 Å². The van der Waals surface area contributed by atoms with Gasteiger partial charge in [0.2, 0.25) is 0 Å². The number of hydrogen-bond acceptors (Lipinski definition) is 50. The van der Waals surface area contributed by atoms with Crippen LogP contribution in [0, 0.1) is 0 Å². The van der Waals surface area contributed by atoms with Gasteiger partial charge in [-0.25, -0.2) is 49.3 Å². The first-order chi connectivity index (χ1) is 35.8. The molecule has 0 aromatic rings. The summed E-state index contributed by atoms with van der Waals surface area (Å²) in [4.78, 5) is 0. The molecule has 0 amide bonds. The van der Waals surface area contributed by atoms with Crippen LogP contribution < -0.4 is 0 Å². The maximum Gasteiger partial charge on any atom is 0.397 e. The van der Waals surface area contributed by atoms with Crippen molar-refractivity contribution in [3.63, 3.8) is 0 Å². The van der Waals surface area contributed by atoms with Gasteiger partial charge in [0.15, 0.2) is 123 Å². The molecule has 0 aromatic carbocycles. The maximum atomic E-state index is 12.4. The normalized spacial score (nSPS) is 31.0. The second-order valence-corrected chi connectivity index (χ2v) is 18.6. The summed E-state index contributed by atoms with van der Waals surface area (Å²) >= 11 is -1.64. The predicted molar refractivity (Wildman–Crippen MR) is 216 cm³/mol. The summed E-state index contributed by atoms with van der Waals surface area (Å²) in [5, 5.41) is 84.8. The van der Waals surface area contributed by atoms with E-state index < -0.39 is 143 Å². The molecule has 56 heteroatoms. The summed E-state index contributed by atoms with van der Waals surface area (Å²) in [7, 11) is -16.4. The first-order valence-electron chi connectivity index (χ1n) is 17.6. The fraction of sp³-hybridized carbons (Fsp3) is 1.00. The molecule has 0 bridgehead atoms. The van der Waals surface area contributed by atoms with Gasteiger partial charge in [-0.2, -0.15) is 25.3 Å². The van der Waals surface area contributed by atoms with Crippen LogP contribution in [0.15, 0.2) is 0 Å². The van der Waals surface area contributed by atoms with E-state index in [1.165, 1.54) is 0 Å². The molecule has 3 aliphatic heterocycles. The third-order valence-corrected chi connectivity index (χ3v) is 12.3. The average Bonchev–Trinajstić information content (AvgIpc) is 3.34. The van der Waals surface area contributed by atoms with Crippen LogP contribution in [0.4, 0.5) is 0 Å². The van der Waals surface area contributed by atoms with Gasteiger partial charge in [-0.05, 0) is 0 Å². The zero-order valence-corrected chi connectivity index (χ0v) is 43.2. The van der Waals surface area contributed by atoms with Gasteiger partial charge < -0.3 is 28.4 Å². The first kappa shape index (κ1) is 70.0. The first-order valence-corrected chi connectivity index (χ1v) is 26.3. The van der Waals surface area contributed by atoms with E-state index in [2.05, 4.69) is 65.6 Å². The summed E-state index contributed by atoms with van der Waals surface area (Å²) < 4.78 is 218. The van der Waals surface area contributed by atoms with Crippen molar-refractivity contribution < 1.29 is 212 Å². The molecule has 75 heavy (non-hydrogen) atoms. The lowest BCUT2D eigenvalue weighted by Gasteiger charge is -2.48. The van der Waals surface area contributed by atoms with Crippen molar-refractivity contribution in [2.24, 2.45) is 0 Å². The quantitative estimate of drug-likeness (QED) is 0.0122. The van der Waals surface area contributed by atoms with Crippen LogP contribution in [0.1, 0.15) is 0 Å². The highest BCUT2D eigenvalue weighted by atomic mass is 32.3. The molecule has 0 aromatic heterocycles. The molecule has 3 fully saturated rings. The molecule has 0 saturated carbocycles. The highest BCUT2D eigenvalue weighted by Crippen LogP contribution is 2.40. The van der Waals surface area contributed by atoms with E-state index in [4.69, 9.17) is 107 Å². The van der Waals surface area contributed by atoms with Crippen molar-refractivity contribution in [2.75, 3.05) is 26.9 Å². The van der Waals surface area contributed by atoms with Gasteiger partial charge in [0.1, 0.15) is 54.9 Å². The standard InChI is InChI=1S/C19H34O46S10/c1-36-17-14(49-73(27,28)29)11(43-19-16(51-75(33,34)35)13(48-72-65-58-26)10(46-70-63-56-24)7(42-19)4-39-67-60-53-21)8(44-68-61-54-22)5(40-17)2-37-18-15(50-74(30,31)32)12(47-71-64-57-25)9(45-69-62-55-23)6(41-18)3-38-66-59-52-20/h5-26H,2-4H2,1H3,(H,27,28,29)(H,30,31,32)(H,33,34,35)/t5?,6?,7?,8-,9-,10-,11-,12-,13-,14?,15?,16?,17+,18+,19-/m0/s1. The monoisotopic (exact) mass is 1320 g/mol. The van der Waals surface area contributed by atoms with Gasteiger partial charge in [-0.1, -0.05) is 35.3 Å². The van der Waals surface area contributed by atoms with Crippen LogP contribution in [-0.2, 0) is 167 Å². The lowest BCUT2D eigenvalue weighted by atomic mass is 9.96. The number of rotatable bonds is 42. The van der Waals surface area contributed by atoms with Crippen molar-refractivity contribution >= 4 is 117 Å². The Bertz CT molecular complexity index is 1850. The summed E-state index contributed by atoms with van der Waals surface area (Å²) in [5.74, 6) is 0. The second-order valence-electron chi connectivity index (χ2n) is 12.1. The molecule has 6 unspecified atom stereocenters. The third-order valence-electron chi connectivity index (χ3n) is 8.14. The lowest BCUT2D eigenvalue weighted by molar-refractivity contribution is -0.436. The van der Waals surface area contributed by atoms with Crippen molar-refractivity contribution in [3.05, 3.63) is 0 Å². The van der Waals surface area contributed by atoms with Crippen LogP contribution in [0.25, 0.3) is 0 Å². The molecule has 0 radical (unpaired) electrons. The highest BCUT2D eigenvalue weighted by molar-refractivity contribution is 7.91. The zero-order chi connectivity index (χ0) is 55.4. The van der Waals surface area contributed by atoms with Crippen molar-refractivity contribution in [2.45, 2.75) is 92.1 Å². The second kappa shape index (κ2) is 37.7. The molecule has 10 N–H and O–H groups in total. The van der Waals surface area contributed by atoms with Crippen molar-refractivity contribution in [1.82, 2.24) is 0 Å². The van der Waals surface area contributed by atoms with E-state index in [1.54, 1.807) is 0 Å². The predicted octanol–water partition coefficient (Wildman–Crippen LogP) is -0.377. The van der Waals surface area contributed by atoms with Crippen molar-refractivity contribution in [1.29, 1.82) is 0 Å². The molecule has 3 aliphatic rings. The van der Waals surface area contributed by atoms with Crippen LogP contribution in [0.3, 0.4) is 0 Å². The van der Waals surface area contributed by atoms with E-state index in [-0.39, 0.29) is 86.3 Å². The molecule has 46 nitrogen and oxygen atoms in total. The van der Waals surface area contributed by atoms with E-state index in [0.29, 0.717) is 0 Å². The van der Waals surface area contributed by atoms with Gasteiger partial charge in [0.25, 0.3) is 0 Å². The fourth-order valence-corrected chi connectivity index (χ4v) is 9.72. The molecule has 15 atom stereocenters.